The normalized spacial score (nSPS) is 11.5. The van der Waals surface area contributed by atoms with Gasteiger partial charge in [-0.1, -0.05) is 34.8 Å². The van der Waals surface area contributed by atoms with Crippen LogP contribution in [-0.4, -0.2) is 32.0 Å². The highest BCUT2D eigenvalue weighted by Crippen LogP contribution is 2.37. The van der Waals surface area contributed by atoms with Gasteiger partial charge in [0, 0.05) is 35.9 Å². The standard InChI is InChI=1S/C14H15ClF3N3.C13H15Cl2N3/c1-9(2)21(7-10-6-19-8-20-10)11-3-4-13(15)12(5-11)14(16,17)18;1-9(2)18(7-10-6-16-8-17-10)11-3-4-12(14)13(15)5-11/h3-6,8-9H,7H2,1-2H3,(H,19,20);3-6,8-9H,7H2,1-2H3,(H,16,17). The van der Waals surface area contributed by atoms with Gasteiger partial charge in [-0.15, -0.1) is 0 Å². The highest BCUT2D eigenvalue weighted by Gasteiger charge is 2.34. The molecule has 2 N–H and O–H groups in total. The van der Waals surface area contributed by atoms with Crippen molar-refractivity contribution in [3.63, 3.8) is 0 Å². The van der Waals surface area contributed by atoms with Crippen molar-refractivity contribution >= 4 is 46.2 Å². The van der Waals surface area contributed by atoms with E-state index in [1.165, 1.54) is 12.4 Å². The zero-order valence-electron chi connectivity index (χ0n) is 21.9. The third kappa shape index (κ3) is 8.55. The molecule has 0 spiro atoms. The van der Waals surface area contributed by atoms with Crippen LogP contribution in [0.3, 0.4) is 0 Å². The number of aromatic amines is 2. The Bertz CT molecular complexity index is 1310. The Kier molecular flexibility index (Phi) is 10.6. The Morgan fingerprint density at radius 1 is 0.718 bits per heavy atom. The second kappa shape index (κ2) is 13.5. The number of aromatic nitrogens is 4. The summed E-state index contributed by atoms with van der Waals surface area (Å²) in [6.45, 7) is 9.31. The van der Waals surface area contributed by atoms with Gasteiger partial charge in [-0.25, -0.2) is 9.97 Å². The van der Waals surface area contributed by atoms with Crippen molar-refractivity contribution in [2.75, 3.05) is 9.80 Å². The summed E-state index contributed by atoms with van der Waals surface area (Å²) in [5.41, 5.74) is 2.59. The van der Waals surface area contributed by atoms with Crippen molar-refractivity contribution < 1.29 is 13.2 Å². The van der Waals surface area contributed by atoms with Gasteiger partial charge in [0.05, 0.1) is 57.8 Å². The van der Waals surface area contributed by atoms with Crippen molar-refractivity contribution in [2.24, 2.45) is 0 Å². The number of imidazole rings is 2. The van der Waals surface area contributed by atoms with Crippen LogP contribution in [0.4, 0.5) is 24.5 Å². The van der Waals surface area contributed by atoms with Gasteiger partial charge in [-0.3, -0.25) is 0 Å². The van der Waals surface area contributed by atoms with Crippen molar-refractivity contribution in [1.82, 2.24) is 19.9 Å². The molecule has 39 heavy (non-hydrogen) atoms. The van der Waals surface area contributed by atoms with Crippen LogP contribution in [-0.2, 0) is 19.3 Å². The molecule has 0 aliphatic rings. The molecule has 0 aliphatic heterocycles. The molecule has 0 unspecified atom stereocenters. The van der Waals surface area contributed by atoms with Crippen molar-refractivity contribution in [1.29, 1.82) is 0 Å². The molecule has 6 nitrogen and oxygen atoms in total. The second-order valence-electron chi connectivity index (χ2n) is 9.36. The predicted molar refractivity (Wildman–Crippen MR) is 153 cm³/mol. The molecule has 210 valence electrons. The van der Waals surface area contributed by atoms with Gasteiger partial charge in [0.15, 0.2) is 0 Å². The van der Waals surface area contributed by atoms with Gasteiger partial charge >= 0.3 is 6.18 Å². The minimum atomic E-state index is -4.47. The fourth-order valence-electron chi connectivity index (χ4n) is 3.83. The van der Waals surface area contributed by atoms with E-state index in [9.17, 15) is 13.2 Å². The number of H-pyrrole nitrogens is 2. The molecule has 4 aromatic rings. The van der Waals surface area contributed by atoms with E-state index in [4.69, 9.17) is 34.8 Å². The smallest absolute Gasteiger partial charge is 0.363 e. The largest absolute Gasteiger partial charge is 0.417 e. The lowest BCUT2D eigenvalue weighted by Crippen LogP contribution is -2.30. The molecule has 2 aromatic heterocycles. The average Bonchev–Trinajstić information content (AvgIpc) is 3.57. The number of anilines is 2. The number of halogens is 6. The van der Waals surface area contributed by atoms with E-state index in [1.807, 2.05) is 43.1 Å². The molecule has 0 radical (unpaired) electrons. The van der Waals surface area contributed by atoms with E-state index in [2.05, 4.69) is 38.7 Å². The van der Waals surface area contributed by atoms with Gasteiger partial charge in [-0.05, 0) is 64.1 Å². The summed E-state index contributed by atoms with van der Waals surface area (Å²) in [6, 6.07) is 10.0. The number of hydrogen-bond donors (Lipinski definition) is 2. The zero-order valence-corrected chi connectivity index (χ0v) is 24.2. The van der Waals surface area contributed by atoms with Gasteiger partial charge in [-0.2, -0.15) is 13.2 Å². The Morgan fingerprint density at radius 3 is 1.56 bits per heavy atom. The number of rotatable bonds is 8. The molecule has 0 amide bonds. The summed E-state index contributed by atoms with van der Waals surface area (Å²) in [6.07, 6.45) is 2.23. The molecule has 0 fully saturated rings. The summed E-state index contributed by atoms with van der Waals surface area (Å²) in [5, 5.41) is 0.853. The average molecular weight is 602 g/mol. The first-order valence-corrected chi connectivity index (χ1v) is 13.3. The third-order valence-corrected chi connectivity index (χ3v) is 6.93. The molecule has 0 saturated heterocycles. The van der Waals surface area contributed by atoms with Gasteiger partial charge in [0.25, 0.3) is 0 Å². The van der Waals surface area contributed by atoms with E-state index in [0.29, 0.717) is 28.3 Å². The highest BCUT2D eigenvalue weighted by molar-refractivity contribution is 6.42. The van der Waals surface area contributed by atoms with E-state index in [0.717, 1.165) is 29.7 Å². The van der Waals surface area contributed by atoms with Crippen LogP contribution in [0.1, 0.15) is 44.6 Å². The maximum atomic E-state index is 13.0. The van der Waals surface area contributed by atoms with Crippen molar-refractivity contribution in [3.05, 3.63) is 93.5 Å². The molecule has 0 aliphatic carbocycles. The first-order chi connectivity index (χ1) is 18.4. The molecule has 2 aromatic carbocycles. The Labute approximate surface area is 241 Å². The summed E-state index contributed by atoms with van der Waals surface area (Å²) in [7, 11) is 0. The fourth-order valence-corrected chi connectivity index (χ4v) is 4.34. The lowest BCUT2D eigenvalue weighted by molar-refractivity contribution is -0.137. The fraction of sp³-hybridized carbons (Fsp3) is 0.333. The Hall–Kier alpha value is -2.88. The number of nitrogens with one attached hydrogen (secondary N) is 2. The van der Waals surface area contributed by atoms with Crippen LogP contribution >= 0.6 is 34.8 Å². The van der Waals surface area contributed by atoms with Crippen LogP contribution < -0.4 is 9.80 Å². The van der Waals surface area contributed by atoms with E-state index >= 15 is 0 Å². The van der Waals surface area contributed by atoms with Crippen LogP contribution in [0.5, 0.6) is 0 Å². The molecule has 4 rings (SSSR count). The minimum Gasteiger partial charge on any atom is -0.363 e. The summed E-state index contributed by atoms with van der Waals surface area (Å²) < 4.78 is 38.9. The molecule has 12 heteroatoms. The summed E-state index contributed by atoms with van der Waals surface area (Å²) in [4.78, 5) is 18.1. The maximum Gasteiger partial charge on any atom is 0.417 e. The van der Waals surface area contributed by atoms with E-state index < -0.39 is 11.7 Å². The van der Waals surface area contributed by atoms with Crippen LogP contribution in [0.2, 0.25) is 15.1 Å². The lowest BCUT2D eigenvalue weighted by Gasteiger charge is -2.29. The predicted octanol–water partition coefficient (Wildman–Crippen LogP) is 8.63. The number of alkyl halides is 3. The first kappa shape index (κ1) is 30.7. The number of hydrogen-bond acceptors (Lipinski definition) is 4. The van der Waals surface area contributed by atoms with Crippen molar-refractivity contribution in [3.8, 4) is 0 Å². The molecular formula is C27H30Cl3F3N6. The molecular weight excluding hydrogens is 572 g/mol. The topological polar surface area (TPSA) is 63.8 Å². The van der Waals surface area contributed by atoms with Gasteiger partial charge < -0.3 is 19.8 Å². The molecule has 2 heterocycles. The lowest BCUT2D eigenvalue weighted by atomic mass is 10.1. The van der Waals surface area contributed by atoms with Gasteiger partial charge in [0.1, 0.15) is 0 Å². The van der Waals surface area contributed by atoms with Crippen LogP contribution in [0, 0.1) is 0 Å². The maximum absolute atomic E-state index is 13.0. The Balaban J connectivity index is 0.000000218. The molecule has 0 saturated carbocycles. The second-order valence-corrected chi connectivity index (χ2v) is 10.6. The number of nitrogens with zero attached hydrogens (tertiary/aromatic N) is 4. The van der Waals surface area contributed by atoms with Gasteiger partial charge in [0.2, 0.25) is 0 Å². The molecule has 0 atom stereocenters. The quantitative estimate of drug-likeness (QED) is 0.212. The molecule has 0 bridgehead atoms. The van der Waals surface area contributed by atoms with Crippen molar-refractivity contribution in [2.45, 2.75) is 59.0 Å². The van der Waals surface area contributed by atoms with Crippen LogP contribution in [0.15, 0.2) is 61.4 Å². The minimum absolute atomic E-state index is 0.0237. The summed E-state index contributed by atoms with van der Waals surface area (Å²) >= 11 is 17.7. The van der Waals surface area contributed by atoms with Crippen LogP contribution in [0.25, 0.3) is 0 Å². The van der Waals surface area contributed by atoms with E-state index in [1.54, 1.807) is 18.6 Å². The Morgan fingerprint density at radius 2 is 1.18 bits per heavy atom. The third-order valence-electron chi connectivity index (χ3n) is 5.86. The SMILES string of the molecule is CC(C)N(Cc1cnc[nH]1)c1ccc(Cl)c(C(F)(F)F)c1.CC(C)N(Cc1cnc[nH]1)c1ccc(Cl)c(Cl)c1. The highest BCUT2D eigenvalue weighted by atomic mass is 35.5. The number of benzene rings is 2. The zero-order chi connectivity index (χ0) is 28.7. The van der Waals surface area contributed by atoms with E-state index in [-0.39, 0.29) is 11.1 Å². The monoisotopic (exact) mass is 600 g/mol. The summed E-state index contributed by atoms with van der Waals surface area (Å²) in [5.74, 6) is 0. The first-order valence-electron chi connectivity index (χ1n) is 12.2.